The van der Waals surface area contributed by atoms with Gasteiger partial charge in [-0.05, 0) is 66.4 Å². The highest BCUT2D eigenvalue weighted by molar-refractivity contribution is 7.88. The molecule has 0 heterocycles. The number of rotatable bonds is 8. The van der Waals surface area contributed by atoms with Crippen molar-refractivity contribution in [3.05, 3.63) is 106 Å². The van der Waals surface area contributed by atoms with Crippen molar-refractivity contribution < 1.29 is 12.8 Å². The Kier molecular flexibility index (Phi) is 7.45. The molecule has 0 amide bonds. The zero-order chi connectivity index (χ0) is 22.4. The minimum Gasteiger partial charge on any atom is -0.212 e. The second kappa shape index (κ2) is 10.1. The molecule has 31 heavy (non-hydrogen) atoms. The zero-order valence-electron chi connectivity index (χ0n) is 16.9. The topological polar surface area (TPSA) is 70.0 Å². The van der Waals surface area contributed by atoms with Gasteiger partial charge in [-0.15, -0.1) is 0 Å². The Balaban J connectivity index is 1.85. The molecule has 1 N–H and O–H groups in total. The summed E-state index contributed by atoms with van der Waals surface area (Å²) in [7, 11) is -3.67. The summed E-state index contributed by atoms with van der Waals surface area (Å²) in [5.41, 5.74) is 2.88. The minimum absolute atomic E-state index is 0.211. The Morgan fingerprint density at radius 3 is 2.32 bits per heavy atom. The van der Waals surface area contributed by atoms with Gasteiger partial charge in [0, 0.05) is 17.0 Å². The first-order chi connectivity index (χ1) is 14.8. The van der Waals surface area contributed by atoms with E-state index in [1.54, 1.807) is 30.3 Å². The third-order valence-electron chi connectivity index (χ3n) is 5.05. The highest BCUT2D eigenvalue weighted by Gasteiger charge is 2.25. The van der Waals surface area contributed by atoms with Crippen LogP contribution in [-0.4, -0.2) is 14.5 Å². The highest BCUT2D eigenvalue weighted by Crippen LogP contribution is 2.27. The van der Waals surface area contributed by atoms with Gasteiger partial charge in [-0.3, -0.25) is 0 Å². The maximum atomic E-state index is 13.1. The Morgan fingerprint density at radius 2 is 1.68 bits per heavy atom. The number of halogens is 2. The van der Waals surface area contributed by atoms with Crippen LogP contribution in [0.15, 0.2) is 72.8 Å². The number of benzene rings is 3. The van der Waals surface area contributed by atoms with Crippen molar-refractivity contribution in [2.75, 3.05) is 0 Å². The summed E-state index contributed by atoms with van der Waals surface area (Å²) in [6.07, 6.45) is 0.562. The summed E-state index contributed by atoms with van der Waals surface area (Å²) in [4.78, 5) is 0. The van der Waals surface area contributed by atoms with E-state index in [4.69, 9.17) is 11.6 Å². The predicted molar refractivity (Wildman–Crippen MR) is 121 cm³/mol. The molecule has 0 bridgehead atoms. The Morgan fingerprint density at radius 1 is 1.03 bits per heavy atom. The number of nitrogens with zero attached hydrogens (tertiary/aromatic N) is 1. The van der Waals surface area contributed by atoms with E-state index < -0.39 is 21.9 Å². The Labute approximate surface area is 187 Å². The van der Waals surface area contributed by atoms with Crippen LogP contribution in [0.2, 0.25) is 5.02 Å². The monoisotopic (exact) mass is 456 g/mol. The van der Waals surface area contributed by atoms with Gasteiger partial charge >= 0.3 is 0 Å². The molecular weight excluding hydrogens is 435 g/mol. The summed E-state index contributed by atoms with van der Waals surface area (Å²) in [5, 5.41) is 9.89. The predicted octanol–water partition coefficient (Wildman–Crippen LogP) is 5.19. The third-order valence-corrected chi connectivity index (χ3v) is 6.75. The largest absolute Gasteiger partial charge is 0.216 e. The van der Waals surface area contributed by atoms with E-state index >= 15 is 0 Å². The van der Waals surface area contributed by atoms with Crippen molar-refractivity contribution in [1.29, 1.82) is 5.26 Å². The van der Waals surface area contributed by atoms with E-state index in [0.29, 0.717) is 22.6 Å². The van der Waals surface area contributed by atoms with Gasteiger partial charge in [-0.2, -0.15) is 5.26 Å². The summed E-state index contributed by atoms with van der Waals surface area (Å²) in [5.74, 6) is -0.871. The van der Waals surface area contributed by atoms with Crippen molar-refractivity contribution in [1.82, 2.24) is 4.72 Å². The van der Waals surface area contributed by atoms with Crippen molar-refractivity contribution in [2.45, 2.75) is 31.1 Å². The van der Waals surface area contributed by atoms with Gasteiger partial charge in [0.15, 0.2) is 0 Å². The first-order valence-electron chi connectivity index (χ1n) is 9.75. The van der Waals surface area contributed by atoms with Crippen LogP contribution in [0, 0.1) is 17.1 Å². The van der Waals surface area contributed by atoms with E-state index in [9.17, 15) is 18.1 Å². The Bertz CT molecular complexity index is 1170. The van der Waals surface area contributed by atoms with Crippen LogP contribution >= 0.6 is 11.6 Å². The molecule has 4 nitrogen and oxygen atoms in total. The van der Waals surface area contributed by atoms with Gasteiger partial charge in [-0.1, -0.05) is 48.0 Å². The van der Waals surface area contributed by atoms with Crippen LogP contribution in [0.5, 0.6) is 0 Å². The van der Waals surface area contributed by atoms with Crippen molar-refractivity contribution in [2.24, 2.45) is 0 Å². The lowest BCUT2D eigenvalue weighted by atomic mass is 9.86. The SMILES string of the molecule is C[C@H](NS(=O)(=O)Cc1ccc(F)cc1)[C@@H](Cc1ccc(Cl)cc1)c1cccc(C#N)c1. The molecule has 0 saturated heterocycles. The molecule has 3 aromatic rings. The molecule has 0 aliphatic rings. The number of sulfonamides is 1. The average Bonchev–Trinajstić information content (AvgIpc) is 2.74. The Hall–Kier alpha value is -2.72. The zero-order valence-corrected chi connectivity index (χ0v) is 18.5. The summed E-state index contributed by atoms with van der Waals surface area (Å²) < 4.78 is 41.4. The molecule has 0 saturated carbocycles. The van der Waals surface area contributed by atoms with Gasteiger partial charge in [0.2, 0.25) is 10.0 Å². The lowest BCUT2D eigenvalue weighted by Crippen LogP contribution is -2.38. The number of hydrogen-bond acceptors (Lipinski definition) is 3. The molecule has 2 atom stereocenters. The average molecular weight is 457 g/mol. The van der Waals surface area contributed by atoms with Gasteiger partial charge in [0.05, 0.1) is 17.4 Å². The van der Waals surface area contributed by atoms with Crippen LogP contribution in [0.3, 0.4) is 0 Å². The lowest BCUT2D eigenvalue weighted by molar-refractivity contribution is 0.503. The van der Waals surface area contributed by atoms with Gasteiger partial charge in [-0.25, -0.2) is 17.5 Å². The number of hydrogen-bond donors (Lipinski definition) is 1. The maximum absolute atomic E-state index is 13.1. The molecule has 0 aliphatic heterocycles. The standard InChI is InChI=1S/C24H22ClFN2O2S/c1-17(28-31(29,30)16-19-7-11-23(26)12-8-19)24(14-18-5-9-22(25)10-6-18)21-4-2-3-20(13-21)15-27/h2-13,17,24,28H,14,16H2,1H3/t17-,24+/m0/s1. The van der Waals surface area contributed by atoms with Crippen LogP contribution < -0.4 is 4.72 Å². The summed E-state index contributed by atoms with van der Waals surface area (Å²) in [6.45, 7) is 1.81. The van der Waals surface area contributed by atoms with E-state index in [2.05, 4.69) is 10.8 Å². The normalized spacial score (nSPS) is 13.4. The second-order valence-electron chi connectivity index (χ2n) is 7.47. The van der Waals surface area contributed by atoms with E-state index in [0.717, 1.165) is 11.1 Å². The van der Waals surface area contributed by atoms with Crippen molar-refractivity contribution in [3.63, 3.8) is 0 Å². The molecule has 0 spiro atoms. The summed E-state index contributed by atoms with van der Waals surface area (Å²) in [6, 6.07) is 21.7. The molecular formula is C24H22ClFN2O2S. The van der Waals surface area contributed by atoms with Crippen LogP contribution in [0.1, 0.15) is 35.1 Å². The van der Waals surface area contributed by atoms with E-state index in [-0.39, 0.29) is 11.7 Å². The fraction of sp³-hybridized carbons (Fsp3) is 0.208. The maximum Gasteiger partial charge on any atom is 0.216 e. The fourth-order valence-electron chi connectivity index (χ4n) is 3.50. The molecule has 7 heteroatoms. The lowest BCUT2D eigenvalue weighted by Gasteiger charge is -2.26. The molecule has 160 valence electrons. The van der Waals surface area contributed by atoms with E-state index in [1.165, 1.54) is 24.3 Å². The molecule has 0 aromatic heterocycles. The molecule has 0 unspecified atom stereocenters. The van der Waals surface area contributed by atoms with Crippen molar-refractivity contribution >= 4 is 21.6 Å². The van der Waals surface area contributed by atoms with Crippen LogP contribution in [-0.2, 0) is 22.2 Å². The van der Waals surface area contributed by atoms with Crippen molar-refractivity contribution in [3.8, 4) is 6.07 Å². The van der Waals surface area contributed by atoms with Gasteiger partial charge in [0.1, 0.15) is 5.82 Å². The van der Waals surface area contributed by atoms with E-state index in [1.807, 2.05) is 25.1 Å². The minimum atomic E-state index is -3.67. The first kappa shape index (κ1) is 23.0. The molecule has 3 aromatic carbocycles. The quantitative estimate of drug-likeness (QED) is 0.507. The van der Waals surface area contributed by atoms with Gasteiger partial charge in [0.25, 0.3) is 0 Å². The smallest absolute Gasteiger partial charge is 0.212 e. The van der Waals surface area contributed by atoms with Crippen LogP contribution in [0.25, 0.3) is 0 Å². The number of nitriles is 1. The first-order valence-corrected chi connectivity index (χ1v) is 11.8. The molecule has 0 fully saturated rings. The second-order valence-corrected chi connectivity index (χ2v) is 9.66. The third kappa shape index (κ3) is 6.63. The number of nitrogens with one attached hydrogen (secondary N) is 1. The highest BCUT2D eigenvalue weighted by atomic mass is 35.5. The molecule has 0 aliphatic carbocycles. The summed E-state index contributed by atoms with van der Waals surface area (Å²) >= 11 is 5.99. The van der Waals surface area contributed by atoms with Crippen LogP contribution in [0.4, 0.5) is 4.39 Å². The fourth-order valence-corrected chi connectivity index (χ4v) is 5.07. The molecule has 3 rings (SSSR count). The van der Waals surface area contributed by atoms with Gasteiger partial charge < -0.3 is 0 Å². The molecule has 0 radical (unpaired) electrons.